The Morgan fingerprint density at radius 1 is 1.58 bits per heavy atom. The molecule has 5 heteroatoms. The van der Waals surface area contributed by atoms with Gasteiger partial charge in [0.2, 0.25) is 0 Å². The highest BCUT2D eigenvalue weighted by Crippen LogP contribution is 2.23. The lowest BCUT2D eigenvalue weighted by Gasteiger charge is -2.25. The summed E-state index contributed by atoms with van der Waals surface area (Å²) in [7, 11) is 0. The second-order valence-corrected chi connectivity index (χ2v) is 4.96. The van der Waals surface area contributed by atoms with Gasteiger partial charge in [-0.15, -0.1) is 0 Å². The van der Waals surface area contributed by atoms with E-state index in [-0.39, 0.29) is 25.2 Å². The van der Waals surface area contributed by atoms with Crippen molar-refractivity contribution in [1.29, 1.82) is 0 Å². The van der Waals surface area contributed by atoms with Gasteiger partial charge >= 0.3 is 0 Å². The van der Waals surface area contributed by atoms with Crippen molar-refractivity contribution < 1.29 is 14.6 Å². The van der Waals surface area contributed by atoms with Gasteiger partial charge in [-0.3, -0.25) is 4.79 Å². The van der Waals surface area contributed by atoms with Crippen molar-refractivity contribution in [2.75, 3.05) is 25.5 Å². The van der Waals surface area contributed by atoms with Crippen molar-refractivity contribution in [2.24, 2.45) is 5.92 Å². The van der Waals surface area contributed by atoms with E-state index in [1.807, 2.05) is 6.92 Å². The Kier molecular flexibility index (Phi) is 4.27. The van der Waals surface area contributed by atoms with Crippen molar-refractivity contribution in [1.82, 2.24) is 4.90 Å². The molecule has 2 rings (SSSR count). The van der Waals surface area contributed by atoms with Crippen molar-refractivity contribution in [2.45, 2.75) is 19.4 Å². The minimum atomic E-state index is -0.0918. The molecule has 0 spiro atoms. The topological polar surface area (TPSA) is 75.8 Å². The zero-order valence-electron chi connectivity index (χ0n) is 11.1. The molecule has 1 aliphatic heterocycles. The average molecular weight is 264 g/mol. The van der Waals surface area contributed by atoms with Crippen LogP contribution in [0.3, 0.4) is 0 Å². The van der Waals surface area contributed by atoms with Gasteiger partial charge in [0, 0.05) is 18.3 Å². The number of carbonyl (C=O) groups excluding carboxylic acids is 1. The number of likely N-dealkylation sites (tertiary alicyclic amines) is 1. The molecule has 0 radical (unpaired) electrons. The van der Waals surface area contributed by atoms with Crippen LogP contribution in [0.4, 0.5) is 5.69 Å². The molecule has 5 nitrogen and oxygen atoms in total. The van der Waals surface area contributed by atoms with Gasteiger partial charge in [0.25, 0.3) is 5.91 Å². The van der Waals surface area contributed by atoms with E-state index in [9.17, 15) is 9.90 Å². The number of nitrogen functional groups attached to an aromatic ring is 1. The Hall–Kier alpha value is -1.75. The number of benzene rings is 1. The minimum Gasteiger partial charge on any atom is -0.484 e. The fourth-order valence-corrected chi connectivity index (χ4v) is 2.43. The van der Waals surface area contributed by atoms with Gasteiger partial charge in [0.1, 0.15) is 5.75 Å². The predicted molar refractivity (Wildman–Crippen MR) is 72.7 cm³/mol. The van der Waals surface area contributed by atoms with Gasteiger partial charge < -0.3 is 20.5 Å². The molecule has 19 heavy (non-hydrogen) atoms. The molecular formula is C14H20N2O3. The molecule has 1 aromatic carbocycles. The molecule has 104 valence electrons. The van der Waals surface area contributed by atoms with E-state index in [4.69, 9.17) is 10.5 Å². The summed E-state index contributed by atoms with van der Waals surface area (Å²) in [5, 5.41) is 9.33. The molecule has 2 atom stereocenters. The maximum absolute atomic E-state index is 12.1. The number of nitrogens with zero attached hydrogens (tertiary/aromatic N) is 1. The number of rotatable bonds is 4. The zero-order valence-corrected chi connectivity index (χ0v) is 11.1. The Morgan fingerprint density at radius 2 is 2.37 bits per heavy atom. The lowest BCUT2D eigenvalue weighted by Crippen LogP contribution is -2.42. The highest BCUT2D eigenvalue weighted by Gasteiger charge is 2.33. The fourth-order valence-electron chi connectivity index (χ4n) is 2.43. The molecule has 0 aliphatic carbocycles. The van der Waals surface area contributed by atoms with Gasteiger partial charge in [0.05, 0.1) is 12.6 Å². The molecule has 2 unspecified atom stereocenters. The van der Waals surface area contributed by atoms with Gasteiger partial charge in [0.15, 0.2) is 6.61 Å². The lowest BCUT2D eigenvalue weighted by molar-refractivity contribution is -0.135. The predicted octanol–water partition coefficient (Wildman–Crippen LogP) is 0.877. The number of hydrogen-bond donors (Lipinski definition) is 2. The van der Waals surface area contributed by atoms with Crippen LogP contribution in [0.15, 0.2) is 24.3 Å². The molecule has 1 saturated heterocycles. The largest absolute Gasteiger partial charge is 0.484 e. The van der Waals surface area contributed by atoms with E-state index in [1.54, 1.807) is 29.2 Å². The Balaban J connectivity index is 1.91. The van der Waals surface area contributed by atoms with E-state index in [1.165, 1.54) is 0 Å². The first-order chi connectivity index (χ1) is 9.11. The quantitative estimate of drug-likeness (QED) is 0.791. The van der Waals surface area contributed by atoms with Gasteiger partial charge in [-0.1, -0.05) is 13.0 Å². The van der Waals surface area contributed by atoms with Crippen LogP contribution < -0.4 is 10.5 Å². The summed E-state index contributed by atoms with van der Waals surface area (Å²) in [6.45, 7) is 2.72. The number of nitrogens with two attached hydrogens (primary N) is 1. The highest BCUT2D eigenvalue weighted by molar-refractivity contribution is 5.78. The van der Waals surface area contributed by atoms with Gasteiger partial charge in [-0.2, -0.15) is 0 Å². The Morgan fingerprint density at radius 3 is 3.05 bits per heavy atom. The maximum Gasteiger partial charge on any atom is 0.260 e. The summed E-state index contributed by atoms with van der Waals surface area (Å²) in [5.74, 6) is 0.827. The smallest absolute Gasteiger partial charge is 0.260 e. The Labute approximate surface area is 113 Å². The first-order valence-corrected chi connectivity index (χ1v) is 6.50. The standard InChI is InChI=1S/C14H20N2O3/c1-10-5-6-16(13(10)8-17)14(18)9-19-12-4-2-3-11(15)7-12/h2-4,7,10,13,17H,5-6,8-9,15H2,1H3. The van der Waals surface area contributed by atoms with Crippen LogP contribution in [0.25, 0.3) is 0 Å². The molecule has 3 N–H and O–H groups in total. The monoisotopic (exact) mass is 264 g/mol. The summed E-state index contributed by atoms with van der Waals surface area (Å²) in [4.78, 5) is 13.8. The number of anilines is 1. The van der Waals surface area contributed by atoms with Gasteiger partial charge in [-0.05, 0) is 24.5 Å². The maximum atomic E-state index is 12.1. The first-order valence-electron chi connectivity index (χ1n) is 6.50. The number of aliphatic hydroxyl groups is 1. The van der Waals surface area contributed by atoms with E-state index in [0.717, 1.165) is 6.42 Å². The molecule has 0 saturated carbocycles. The lowest BCUT2D eigenvalue weighted by atomic mass is 10.0. The van der Waals surface area contributed by atoms with Crippen LogP contribution in [0.1, 0.15) is 13.3 Å². The average Bonchev–Trinajstić information content (AvgIpc) is 2.77. The molecule has 1 fully saturated rings. The molecule has 0 aromatic heterocycles. The number of ether oxygens (including phenoxy) is 1. The van der Waals surface area contributed by atoms with Crippen LogP contribution in [0, 0.1) is 5.92 Å². The molecule has 0 bridgehead atoms. The third-order valence-electron chi connectivity index (χ3n) is 3.61. The summed E-state index contributed by atoms with van der Waals surface area (Å²) in [5.41, 5.74) is 6.25. The van der Waals surface area contributed by atoms with E-state index in [0.29, 0.717) is 23.9 Å². The van der Waals surface area contributed by atoms with Crippen molar-refractivity contribution >= 4 is 11.6 Å². The van der Waals surface area contributed by atoms with Crippen LogP contribution >= 0.6 is 0 Å². The molecule has 1 aliphatic rings. The summed E-state index contributed by atoms with van der Waals surface area (Å²) < 4.78 is 5.44. The number of aliphatic hydroxyl groups excluding tert-OH is 1. The third kappa shape index (κ3) is 3.17. The van der Waals surface area contributed by atoms with Crippen LogP contribution in [0.5, 0.6) is 5.75 Å². The van der Waals surface area contributed by atoms with Gasteiger partial charge in [-0.25, -0.2) is 0 Å². The number of amides is 1. The summed E-state index contributed by atoms with van der Waals surface area (Å²) >= 11 is 0. The van der Waals surface area contributed by atoms with E-state index < -0.39 is 0 Å². The van der Waals surface area contributed by atoms with Crippen LogP contribution in [-0.4, -0.2) is 41.7 Å². The van der Waals surface area contributed by atoms with E-state index >= 15 is 0 Å². The molecule has 1 amide bonds. The second kappa shape index (κ2) is 5.93. The van der Waals surface area contributed by atoms with Crippen molar-refractivity contribution in [3.63, 3.8) is 0 Å². The SMILES string of the molecule is CC1CCN(C(=O)COc2cccc(N)c2)C1CO. The number of carbonyl (C=O) groups is 1. The first kappa shape index (κ1) is 13.7. The second-order valence-electron chi connectivity index (χ2n) is 4.96. The molecular weight excluding hydrogens is 244 g/mol. The van der Waals surface area contributed by atoms with Crippen molar-refractivity contribution in [3.05, 3.63) is 24.3 Å². The van der Waals surface area contributed by atoms with Crippen LogP contribution in [-0.2, 0) is 4.79 Å². The third-order valence-corrected chi connectivity index (χ3v) is 3.61. The highest BCUT2D eigenvalue weighted by atomic mass is 16.5. The number of hydrogen-bond acceptors (Lipinski definition) is 4. The Bertz CT molecular complexity index is 450. The summed E-state index contributed by atoms with van der Waals surface area (Å²) in [6, 6.07) is 6.91. The molecule has 1 heterocycles. The normalized spacial score (nSPS) is 22.5. The van der Waals surface area contributed by atoms with Crippen LogP contribution in [0.2, 0.25) is 0 Å². The molecule has 1 aromatic rings. The zero-order chi connectivity index (χ0) is 13.8. The fraction of sp³-hybridized carbons (Fsp3) is 0.500. The summed E-state index contributed by atoms with van der Waals surface area (Å²) in [6.07, 6.45) is 0.926. The minimum absolute atomic E-state index is 0.00515. The van der Waals surface area contributed by atoms with E-state index in [2.05, 4.69) is 0 Å². The van der Waals surface area contributed by atoms with Crippen molar-refractivity contribution in [3.8, 4) is 5.75 Å².